The van der Waals surface area contributed by atoms with Gasteiger partial charge in [-0.3, -0.25) is 39.1 Å². The minimum atomic E-state index is -0.992. The van der Waals surface area contributed by atoms with E-state index in [9.17, 15) is 29.2 Å². The predicted molar refractivity (Wildman–Crippen MR) is 229 cm³/mol. The number of nitrogens with zero attached hydrogens (tertiary/aromatic N) is 4. The molecule has 14 heteroatoms. The van der Waals surface area contributed by atoms with E-state index >= 15 is 0 Å². The highest BCUT2D eigenvalue weighted by Crippen LogP contribution is 2.55. The first-order valence-electron chi connectivity index (χ1n) is 20.5. The summed E-state index contributed by atoms with van der Waals surface area (Å²) in [7, 11) is 0. The first-order chi connectivity index (χ1) is 29.1. The van der Waals surface area contributed by atoms with Crippen LogP contribution in [0.1, 0.15) is 77.2 Å². The van der Waals surface area contributed by atoms with Crippen LogP contribution < -0.4 is 25.0 Å². The predicted octanol–water partition coefficient (Wildman–Crippen LogP) is 6.09. The highest BCUT2D eigenvalue weighted by atomic mass is 35.5. The van der Waals surface area contributed by atoms with Gasteiger partial charge in [-0.05, 0) is 72.1 Å². The smallest absolute Gasteiger partial charge is 0.262 e. The third-order valence-corrected chi connectivity index (χ3v) is 12.9. The van der Waals surface area contributed by atoms with Gasteiger partial charge in [-0.15, -0.1) is 0 Å². The van der Waals surface area contributed by atoms with Gasteiger partial charge in [0.1, 0.15) is 36.3 Å². The molecule has 0 bridgehead atoms. The van der Waals surface area contributed by atoms with Crippen LogP contribution in [-0.2, 0) is 9.59 Å². The zero-order chi connectivity index (χ0) is 43.2. The standard InChI is InChI=1S/C47H47ClN6O7/c1-46(2)44(47(3,4)45(46)61-34-14-12-31(27-49)37(48)26-34)51-40(56)29-10-8-28(9-11-29)30-6-5-7-33(24-30)60-23-22-52-18-20-53(21-19-52)32-13-15-35-36(25-32)43(59)54(42(35)58)38-16-17-39(55)50-41(38)57/h5-15,24-26,38,44-45H,16-23H2,1-4H3,(H,51,56)(H,50,55,57). The van der Waals surface area contributed by atoms with Crippen LogP contribution in [0, 0.1) is 22.2 Å². The molecule has 4 aromatic carbocycles. The fourth-order valence-electron chi connectivity index (χ4n) is 9.57. The van der Waals surface area contributed by atoms with Crippen LogP contribution in [-0.4, -0.2) is 96.9 Å². The average Bonchev–Trinajstić information content (AvgIpc) is 3.49. The Hall–Kier alpha value is -6.23. The Kier molecular flexibility index (Phi) is 11.1. The number of hydrogen-bond donors (Lipinski definition) is 2. The van der Waals surface area contributed by atoms with Crippen molar-refractivity contribution >= 4 is 46.8 Å². The quantitative estimate of drug-likeness (QED) is 0.169. The average molecular weight is 843 g/mol. The lowest BCUT2D eigenvalue weighted by Crippen LogP contribution is -2.74. The normalized spacial score (nSPS) is 21.9. The first kappa shape index (κ1) is 41.5. The lowest BCUT2D eigenvalue weighted by Gasteiger charge is -2.63. The van der Waals surface area contributed by atoms with Gasteiger partial charge in [0, 0.05) is 73.3 Å². The van der Waals surface area contributed by atoms with Crippen molar-refractivity contribution in [2.45, 2.75) is 58.7 Å². The summed E-state index contributed by atoms with van der Waals surface area (Å²) in [6.07, 6.45) is -0.00645. The number of piperazine rings is 1. The van der Waals surface area contributed by atoms with E-state index in [0.717, 1.165) is 60.2 Å². The maximum absolute atomic E-state index is 13.5. The van der Waals surface area contributed by atoms with Crippen molar-refractivity contribution in [3.8, 4) is 28.7 Å². The number of rotatable bonds is 11. The largest absolute Gasteiger partial charge is 0.492 e. The molecule has 0 aromatic heterocycles. The SMILES string of the molecule is CC1(C)C(NC(=O)c2ccc(-c3cccc(OCCN4CCN(c5ccc6c(c5)C(=O)N(C5CCC(=O)NC5=O)C6=O)CC4)c3)cc2)C(C)(C)C1Oc1ccc(C#N)c(Cl)c1. The lowest BCUT2D eigenvalue weighted by atomic mass is 9.49. The highest BCUT2D eigenvalue weighted by molar-refractivity contribution is 6.31. The zero-order valence-electron chi connectivity index (χ0n) is 34.5. The molecule has 0 radical (unpaired) electrons. The molecule has 13 nitrogen and oxygen atoms in total. The minimum absolute atomic E-state index is 0.0771. The maximum Gasteiger partial charge on any atom is 0.262 e. The molecule has 61 heavy (non-hydrogen) atoms. The Morgan fingerprint density at radius 2 is 1.57 bits per heavy atom. The number of anilines is 1. The Balaban J connectivity index is 0.808. The third-order valence-electron chi connectivity index (χ3n) is 12.6. The molecule has 4 aromatic rings. The number of amides is 5. The van der Waals surface area contributed by atoms with Crippen LogP contribution in [0.4, 0.5) is 5.69 Å². The Bertz CT molecular complexity index is 2460. The van der Waals surface area contributed by atoms with E-state index in [1.54, 1.807) is 30.3 Å². The fraction of sp³-hybridized carbons (Fsp3) is 0.362. The van der Waals surface area contributed by atoms with Crippen LogP contribution >= 0.6 is 11.6 Å². The highest BCUT2D eigenvalue weighted by Gasteiger charge is 2.64. The molecule has 2 saturated heterocycles. The van der Waals surface area contributed by atoms with E-state index in [0.29, 0.717) is 28.5 Å². The van der Waals surface area contributed by atoms with Gasteiger partial charge in [0.25, 0.3) is 17.7 Å². The number of imide groups is 2. The van der Waals surface area contributed by atoms with Crippen LogP contribution in [0.25, 0.3) is 11.1 Å². The number of halogens is 1. The van der Waals surface area contributed by atoms with E-state index in [1.807, 2.05) is 54.6 Å². The van der Waals surface area contributed by atoms with Crippen LogP contribution in [0.5, 0.6) is 11.5 Å². The molecule has 1 unspecified atom stereocenters. The molecule has 5 amide bonds. The van der Waals surface area contributed by atoms with E-state index in [2.05, 4.69) is 54.2 Å². The van der Waals surface area contributed by atoms with Gasteiger partial charge in [-0.1, -0.05) is 63.6 Å². The number of fused-ring (bicyclic) bond motifs is 1. The van der Waals surface area contributed by atoms with Crippen molar-refractivity contribution in [1.29, 1.82) is 5.26 Å². The van der Waals surface area contributed by atoms with Crippen molar-refractivity contribution in [2.24, 2.45) is 10.8 Å². The zero-order valence-corrected chi connectivity index (χ0v) is 35.3. The van der Waals surface area contributed by atoms with Crippen LogP contribution in [0.2, 0.25) is 5.02 Å². The van der Waals surface area contributed by atoms with Crippen molar-refractivity contribution < 1.29 is 33.4 Å². The summed E-state index contributed by atoms with van der Waals surface area (Å²) in [6.45, 7) is 12.5. The van der Waals surface area contributed by atoms with E-state index in [1.165, 1.54) is 0 Å². The third kappa shape index (κ3) is 7.93. The summed E-state index contributed by atoms with van der Waals surface area (Å²) in [5.41, 5.74) is 3.50. The number of hydrogen-bond acceptors (Lipinski definition) is 10. The number of carbonyl (C=O) groups is 5. The van der Waals surface area contributed by atoms with E-state index in [4.69, 9.17) is 21.1 Å². The second-order valence-electron chi connectivity index (χ2n) is 17.3. The summed E-state index contributed by atoms with van der Waals surface area (Å²) >= 11 is 6.25. The Morgan fingerprint density at radius 1 is 0.852 bits per heavy atom. The summed E-state index contributed by atoms with van der Waals surface area (Å²) < 4.78 is 12.6. The van der Waals surface area contributed by atoms with Crippen LogP contribution in [0.3, 0.4) is 0 Å². The number of benzene rings is 4. The summed E-state index contributed by atoms with van der Waals surface area (Å²) in [5.74, 6) is -0.880. The molecular formula is C47H47ClN6O7. The minimum Gasteiger partial charge on any atom is -0.492 e. The van der Waals surface area contributed by atoms with Crippen molar-refractivity contribution in [2.75, 3.05) is 44.2 Å². The molecule has 3 heterocycles. The summed E-state index contributed by atoms with van der Waals surface area (Å²) in [4.78, 5) is 69.5. The van der Waals surface area contributed by atoms with Gasteiger partial charge in [-0.2, -0.15) is 5.26 Å². The Morgan fingerprint density at radius 3 is 2.26 bits per heavy atom. The van der Waals surface area contributed by atoms with Crippen molar-refractivity contribution in [3.05, 3.63) is 112 Å². The van der Waals surface area contributed by atoms with Crippen molar-refractivity contribution in [3.63, 3.8) is 0 Å². The van der Waals surface area contributed by atoms with Gasteiger partial charge < -0.3 is 19.7 Å². The van der Waals surface area contributed by atoms with Gasteiger partial charge >= 0.3 is 0 Å². The number of piperidine rings is 1. The molecule has 3 fully saturated rings. The maximum atomic E-state index is 13.5. The van der Waals surface area contributed by atoms with E-state index in [-0.39, 0.29) is 52.9 Å². The molecule has 0 spiro atoms. The molecule has 1 atom stereocenters. The second-order valence-corrected chi connectivity index (χ2v) is 17.7. The van der Waals surface area contributed by atoms with E-state index < -0.39 is 29.7 Å². The van der Waals surface area contributed by atoms with Gasteiger partial charge in [0.05, 0.1) is 21.7 Å². The fourth-order valence-corrected chi connectivity index (χ4v) is 9.78. The molecule has 3 aliphatic heterocycles. The second kappa shape index (κ2) is 16.3. The van der Waals surface area contributed by atoms with Gasteiger partial charge in [0.15, 0.2) is 0 Å². The molecular weight excluding hydrogens is 796 g/mol. The molecule has 4 aliphatic rings. The first-order valence-corrected chi connectivity index (χ1v) is 20.9. The number of nitrogens with one attached hydrogen (secondary N) is 2. The van der Waals surface area contributed by atoms with Gasteiger partial charge in [-0.25, -0.2) is 0 Å². The molecule has 314 valence electrons. The molecule has 1 aliphatic carbocycles. The van der Waals surface area contributed by atoms with Crippen LogP contribution in [0.15, 0.2) is 84.9 Å². The monoisotopic (exact) mass is 842 g/mol. The number of nitriles is 1. The molecule has 1 saturated carbocycles. The van der Waals surface area contributed by atoms with Gasteiger partial charge in [0.2, 0.25) is 11.8 Å². The summed E-state index contributed by atoms with van der Waals surface area (Å²) in [6, 6.07) is 26.6. The Labute approximate surface area is 359 Å². The lowest BCUT2D eigenvalue weighted by molar-refractivity contribution is -0.164. The van der Waals surface area contributed by atoms with Crippen molar-refractivity contribution in [1.82, 2.24) is 20.4 Å². The topological polar surface area (TPSA) is 161 Å². The molecule has 8 rings (SSSR count). The summed E-state index contributed by atoms with van der Waals surface area (Å²) in [5, 5.41) is 15.0. The number of carbonyl (C=O) groups excluding carboxylic acids is 5. The number of ether oxygens (including phenoxy) is 2. The molecule has 2 N–H and O–H groups in total.